The minimum absolute atomic E-state index is 0.137. The molecule has 1 N–H and O–H groups in total. The van der Waals surface area contributed by atoms with Crippen molar-refractivity contribution in [1.82, 2.24) is 0 Å². The molecule has 5 nitrogen and oxygen atoms in total. The third-order valence-corrected chi connectivity index (χ3v) is 6.05. The van der Waals surface area contributed by atoms with E-state index in [2.05, 4.69) is 5.32 Å². The Morgan fingerprint density at radius 3 is 2.43 bits per heavy atom. The summed E-state index contributed by atoms with van der Waals surface area (Å²) in [5.74, 6) is 2.24. The molecule has 0 spiro atoms. The molecule has 0 radical (unpaired) electrons. The smallest absolute Gasteiger partial charge is 0.234 e. The Hall–Kier alpha value is -2.09. The largest absolute Gasteiger partial charge is 0.489 e. The fraction of sp³-hybridized carbons (Fsp3) is 0.381. The summed E-state index contributed by atoms with van der Waals surface area (Å²) < 4.78 is 31.0. The van der Waals surface area contributed by atoms with Crippen molar-refractivity contribution in [3.8, 4) is 5.75 Å². The lowest BCUT2D eigenvalue weighted by atomic mass is 9.90. The van der Waals surface area contributed by atoms with Gasteiger partial charge in [0.1, 0.15) is 17.7 Å². The summed E-state index contributed by atoms with van der Waals surface area (Å²) in [7, 11) is 0. The number of thioether (sulfide) groups is 1. The van der Waals surface area contributed by atoms with Crippen LogP contribution in [0, 0.1) is 11.2 Å². The van der Waals surface area contributed by atoms with Crippen LogP contribution in [0.1, 0.15) is 18.8 Å². The van der Waals surface area contributed by atoms with E-state index < -0.39 is 11.7 Å². The van der Waals surface area contributed by atoms with Crippen molar-refractivity contribution in [2.45, 2.75) is 19.3 Å². The zero-order chi connectivity index (χ0) is 19.6. The number of hydrogen-bond acceptors (Lipinski definition) is 5. The summed E-state index contributed by atoms with van der Waals surface area (Å²) in [4.78, 5) is 12.7. The zero-order valence-electron chi connectivity index (χ0n) is 15.5. The highest BCUT2D eigenvalue weighted by atomic mass is 32.2. The number of amides is 1. The molecule has 2 aromatic rings. The molecule has 2 heterocycles. The van der Waals surface area contributed by atoms with Gasteiger partial charge in [-0.15, -0.1) is 0 Å². The molecule has 7 heteroatoms. The van der Waals surface area contributed by atoms with Gasteiger partial charge in [-0.25, -0.2) is 4.39 Å². The van der Waals surface area contributed by atoms with Crippen LogP contribution in [-0.2, 0) is 14.3 Å². The van der Waals surface area contributed by atoms with Crippen LogP contribution in [0.3, 0.4) is 0 Å². The Morgan fingerprint density at radius 2 is 1.82 bits per heavy atom. The normalized spacial score (nSPS) is 25.0. The van der Waals surface area contributed by atoms with E-state index in [-0.39, 0.29) is 31.0 Å². The zero-order valence-corrected chi connectivity index (χ0v) is 16.3. The van der Waals surface area contributed by atoms with Gasteiger partial charge in [0.15, 0.2) is 6.29 Å². The van der Waals surface area contributed by atoms with E-state index in [1.807, 2.05) is 36.0 Å². The van der Waals surface area contributed by atoms with Crippen LogP contribution in [0.15, 0.2) is 48.5 Å². The predicted octanol–water partition coefficient (Wildman–Crippen LogP) is 4.01. The van der Waals surface area contributed by atoms with Gasteiger partial charge in [-0.3, -0.25) is 4.79 Å². The number of nitrogens with one attached hydrogen (secondary N) is 1. The molecule has 0 aliphatic carbocycles. The number of ether oxygens (including phenoxy) is 3. The molecule has 2 aliphatic rings. The van der Waals surface area contributed by atoms with Crippen molar-refractivity contribution in [2.24, 2.45) is 5.41 Å². The minimum atomic E-state index is -0.861. The van der Waals surface area contributed by atoms with Gasteiger partial charge in [-0.1, -0.05) is 18.2 Å². The van der Waals surface area contributed by atoms with Crippen molar-refractivity contribution >= 4 is 23.4 Å². The minimum Gasteiger partial charge on any atom is -0.489 e. The highest BCUT2D eigenvalue weighted by Crippen LogP contribution is 2.33. The third kappa shape index (κ3) is 4.16. The number of benzene rings is 2. The van der Waals surface area contributed by atoms with E-state index >= 15 is 0 Å². The average molecular weight is 403 g/mol. The SMILES string of the molecule is CC1(C(=O)Nc2ccc(OC3CSC3)cc2)COC(c2ccccc2F)OC1. The fourth-order valence-corrected chi connectivity index (χ4v) is 3.52. The second-order valence-electron chi connectivity index (χ2n) is 7.29. The second-order valence-corrected chi connectivity index (χ2v) is 8.37. The van der Waals surface area contributed by atoms with Gasteiger partial charge in [0.2, 0.25) is 5.91 Å². The molecular formula is C21H22FNO4S. The quantitative estimate of drug-likeness (QED) is 0.818. The van der Waals surface area contributed by atoms with Gasteiger partial charge in [0, 0.05) is 22.8 Å². The predicted molar refractivity (Wildman–Crippen MR) is 106 cm³/mol. The number of carbonyl (C=O) groups is 1. The van der Waals surface area contributed by atoms with Crippen molar-refractivity contribution < 1.29 is 23.4 Å². The Labute approximate surface area is 167 Å². The number of halogens is 1. The molecule has 4 rings (SSSR count). The maximum atomic E-state index is 13.9. The Kier molecular flexibility index (Phi) is 5.57. The van der Waals surface area contributed by atoms with E-state index in [0.717, 1.165) is 17.3 Å². The maximum Gasteiger partial charge on any atom is 0.234 e. The molecule has 0 bridgehead atoms. The van der Waals surface area contributed by atoms with Crippen molar-refractivity contribution in [1.29, 1.82) is 0 Å². The summed E-state index contributed by atoms with van der Waals surface area (Å²) in [6.45, 7) is 2.04. The molecule has 1 amide bonds. The lowest BCUT2D eigenvalue weighted by Crippen LogP contribution is -2.45. The number of anilines is 1. The van der Waals surface area contributed by atoms with Crippen LogP contribution in [0.25, 0.3) is 0 Å². The number of rotatable bonds is 5. The van der Waals surface area contributed by atoms with E-state index in [0.29, 0.717) is 11.3 Å². The summed E-state index contributed by atoms with van der Waals surface area (Å²) in [5.41, 5.74) is 0.156. The second kappa shape index (κ2) is 8.11. The summed E-state index contributed by atoms with van der Waals surface area (Å²) in [6, 6.07) is 13.6. The van der Waals surface area contributed by atoms with Gasteiger partial charge in [-0.2, -0.15) is 11.8 Å². The average Bonchev–Trinajstić information content (AvgIpc) is 2.67. The summed E-state index contributed by atoms with van der Waals surface area (Å²) >= 11 is 1.86. The lowest BCUT2D eigenvalue weighted by Gasteiger charge is -2.36. The topological polar surface area (TPSA) is 56.8 Å². The standard InChI is InChI=1S/C21H22FNO4S/c1-21(12-25-19(26-13-21)17-4-2-3-5-18(17)22)20(24)23-14-6-8-15(9-7-14)27-16-10-28-11-16/h2-9,16,19H,10-13H2,1H3,(H,23,24). The first kappa shape index (κ1) is 19.2. The van der Waals surface area contributed by atoms with E-state index in [1.165, 1.54) is 6.07 Å². The fourth-order valence-electron chi connectivity index (χ4n) is 2.96. The lowest BCUT2D eigenvalue weighted by molar-refractivity contribution is -0.227. The van der Waals surface area contributed by atoms with Gasteiger partial charge in [0.25, 0.3) is 0 Å². The number of hydrogen-bond donors (Lipinski definition) is 1. The molecule has 2 aliphatic heterocycles. The summed E-state index contributed by atoms with van der Waals surface area (Å²) in [6.07, 6.45) is -0.522. The molecular weight excluding hydrogens is 381 g/mol. The van der Waals surface area contributed by atoms with Crippen LogP contribution in [-0.4, -0.2) is 36.7 Å². The van der Waals surface area contributed by atoms with Crippen LogP contribution in [0.4, 0.5) is 10.1 Å². The highest BCUT2D eigenvalue weighted by Gasteiger charge is 2.40. The Bertz CT molecular complexity index is 833. The Morgan fingerprint density at radius 1 is 1.14 bits per heavy atom. The van der Waals surface area contributed by atoms with E-state index in [1.54, 1.807) is 25.1 Å². The molecule has 148 valence electrons. The molecule has 2 aromatic carbocycles. The first-order valence-electron chi connectivity index (χ1n) is 9.17. The molecule has 2 saturated heterocycles. The highest BCUT2D eigenvalue weighted by molar-refractivity contribution is 8.00. The molecule has 0 atom stereocenters. The summed E-state index contributed by atoms with van der Waals surface area (Å²) in [5, 5.41) is 2.89. The van der Waals surface area contributed by atoms with Crippen molar-refractivity contribution in [2.75, 3.05) is 30.0 Å². The monoisotopic (exact) mass is 403 g/mol. The van der Waals surface area contributed by atoms with Crippen LogP contribution in [0.5, 0.6) is 5.75 Å². The molecule has 0 saturated carbocycles. The van der Waals surface area contributed by atoms with Crippen LogP contribution >= 0.6 is 11.8 Å². The van der Waals surface area contributed by atoms with E-state index in [9.17, 15) is 9.18 Å². The molecule has 28 heavy (non-hydrogen) atoms. The first-order valence-corrected chi connectivity index (χ1v) is 10.3. The third-order valence-electron chi connectivity index (χ3n) is 4.84. The molecule has 0 aromatic heterocycles. The maximum absolute atomic E-state index is 13.9. The number of carbonyl (C=O) groups excluding carboxylic acids is 1. The molecule has 2 fully saturated rings. The van der Waals surface area contributed by atoms with Gasteiger partial charge >= 0.3 is 0 Å². The van der Waals surface area contributed by atoms with E-state index in [4.69, 9.17) is 14.2 Å². The van der Waals surface area contributed by atoms with Crippen LogP contribution in [0.2, 0.25) is 0 Å². The van der Waals surface area contributed by atoms with Gasteiger partial charge < -0.3 is 19.5 Å². The van der Waals surface area contributed by atoms with Gasteiger partial charge in [0.05, 0.1) is 18.6 Å². The van der Waals surface area contributed by atoms with Crippen molar-refractivity contribution in [3.63, 3.8) is 0 Å². The molecule has 0 unspecified atom stereocenters. The van der Waals surface area contributed by atoms with Crippen molar-refractivity contribution in [3.05, 3.63) is 59.9 Å². The van der Waals surface area contributed by atoms with Gasteiger partial charge in [-0.05, 0) is 37.3 Å². The first-order chi connectivity index (χ1) is 13.5. The van der Waals surface area contributed by atoms with Crippen LogP contribution < -0.4 is 10.1 Å². The Balaban J connectivity index is 1.33.